The Morgan fingerprint density at radius 1 is 1.17 bits per heavy atom. The maximum absolute atomic E-state index is 14.1. The summed E-state index contributed by atoms with van der Waals surface area (Å²) in [6.07, 6.45) is 4.63. The number of aromatic nitrogens is 1. The number of fused-ring (bicyclic) bond motifs is 1. The first-order valence-electron chi connectivity index (χ1n) is 9.55. The lowest BCUT2D eigenvalue weighted by molar-refractivity contribution is 0.0725. The predicted octanol–water partition coefficient (Wildman–Crippen LogP) is 5.41. The molecule has 4 rings (SSSR count). The van der Waals surface area contributed by atoms with Crippen molar-refractivity contribution in [2.45, 2.75) is 19.3 Å². The van der Waals surface area contributed by atoms with Gasteiger partial charge in [-0.05, 0) is 55.7 Å². The molecule has 0 saturated carbocycles. The van der Waals surface area contributed by atoms with Gasteiger partial charge in [-0.25, -0.2) is 4.39 Å². The summed E-state index contributed by atoms with van der Waals surface area (Å²) in [7, 11) is 1.55. The molecule has 0 spiro atoms. The smallest absolute Gasteiger partial charge is 0.257 e. The van der Waals surface area contributed by atoms with Crippen LogP contribution in [0.15, 0.2) is 42.6 Å². The van der Waals surface area contributed by atoms with Gasteiger partial charge in [0.1, 0.15) is 11.6 Å². The fourth-order valence-electron chi connectivity index (χ4n) is 3.64. The molecular formula is C22H21ClFN3O2. The summed E-state index contributed by atoms with van der Waals surface area (Å²) >= 11 is 6.16. The highest BCUT2D eigenvalue weighted by molar-refractivity contribution is 6.31. The van der Waals surface area contributed by atoms with Gasteiger partial charge in [-0.2, -0.15) is 0 Å². The molecule has 150 valence electrons. The van der Waals surface area contributed by atoms with Crippen LogP contribution < -0.4 is 10.1 Å². The molecule has 1 amide bonds. The van der Waals surface area contributed by atoms with Crippen LogP contribution in [0.25, 0.3) is 10.9 Å². The first-order chi connectivity index (χ1) is 14.1. The highest BCUT2D eigenvalue weighted by Gasteiger charge is 2.23. The van der Waals surface area contributed by atoms with Gasteiger partial charge >= 0.3 is 0 Å². The van der Waals surface area contributed by atoms with Crippen LogP contribution in [0.3, 0.4) is 0 Å². The second-order valence-corrected chi connectivity index (χ2v) is 7.47. The SMILES string of the molecule is COc1ccc(Cl)cc1Nc1c(C(=O)N2CCCCC2)cnc2ccc(F)cc12. The number of methoxy groups -OCH3 is 1. The van der Waals surface area contributed by atoms with Crippen molar-refractivity contribution >= 4 is 39.8 Å². The zero-order chi connectivity index (χ0) is 20.4. The second-order valence-electron chi connectivity index (χ2n) is 7.03. The summed E-state index contributed by atoms with van der Waals surface area (Å²) in [5.41, 5.74) is 2.06. The van der Waals surface area contributed by atoms with Gasteiger partial charge in [0.25, 0.3) is 5.91 Å². The van der Waals surface area contributed by atoms with E-state index in [1.54, 1.807) is 37.6 Å². The molecule has 3 aromatic rings. The zero-order valence-corrected chi connectivity index (χ0v) is 16.8. The van der Waals surface area contributed by atoms with E-state index in [1.807, 2.05) is 4.90 Å². The Balaban J connectivity index is 1.86. The number of nitrogens with one attached hydrogen (secondary N) is 1. The Morgan fingerprint density at radius 2 is 1.97 bits per heavy atom. The molecule has 0 unspecified atom stereocenters. The van der Waals surface area contributed by atoms with Crippen LogP contribution in [0.4, 0.5) is 15.8 Å². The Kier molecular flexibility index (Phi) is 5.53. The van der Waals surface area contributed by atoms with Crippen LogP contribution in [0, 0.1) is 5.82 Å². The van der Waals surface area contributed by atoms with Crippen molar-refractivity contribution < 1.29 is 13.9 Å². The Morgan fingerprint density at radius 3 is 2.72 bits per heavy atom. The van der Waals surface area contributed by atoms with E-state index in [2.05, 4.69) is 10.3 Å². The van der Waals surface area contributed by atoms with Crippen LogP contribution in [0.5, 0.6) is 5.75 Å². The highest BCUT2D eigenvalue weighted by atomic mass is 35.5. The third kappa shape index (κ3) is 3.98. The van der Waals surface area contributed by atoms with Crippen molar-refractivity contribution in [3.63, 3.8) is 0 Å². The molecule has 1 aliphatic heterocycles. The van der Waals surface area contributed by atoms with E-state index in [4.69, 9.17) is 16.3 Å². The van der Waals surface area contributed by atoms with Crippen molar-refractivity contribution in [1.82, 2.24) is 9.88 Å². The lowest BCUT2D eigenvalue weighted by Gasteiger charge is -2.28. The van der Waals surface area contributed by atoms with Crippen molar-refractivity contribution in [1.29, 1.82) is 0 Å². The van der Waals surface area contributed by atoms with Gasteiger partial charge in [0.05, 0.1) is 29.6 Å². The molecule has 0 aliphatic carbocycles. The average Bonchev–Trinajstić information content (AvgIpc) is 2.74. The summed E-state index contributed by atoms with van der Waals surface area (Å²) in [4.78, 5) is 19.5. The van der Waals surface area contributed by atoms with Crippen molar-refractivity contribution in [2.75, 3.05) is 25.5 Å². The number of amides is 1. The third-order valence-electron chi connectivity index (χ3n) is 5.12. The minimum Gasteiger partial charge on any atom is -0.495 e. The molecule has 5 nitrogen and oxygen atoms in total. The average molecular weight is 414 g/mol. The summed E-state index contributed by atoms with van der Waals surface area (Å²) in [6, 6.07) is 9.50. The molecule has 2 aromatic carbocycles. The van der Waals surface area contributed by atoms with Crippen LogP contribution in [0.2, 0.25) is 5.02 Å². The van der Waals surface area contributed by atoms with Gasteiger partial charge in [-0.3, -0.25) is 9.78 Å². The van der Waals surface area contributed by atoms with Crippen LogP contribution in [-0.2, 0) is 0 Å². The molecule has 7 heteroatoms. The van der Waals surface area contributed by atoms with Gasteiger partial charge in [-0.15, -0.1) is 0 Å². The normalized spacial score (nSPS) is 14.1. The minimum absolute atomic E-state index is 0.119. The molecule has 1 fully saturated rings. The van der Waals surface area contributed by atoms with Gasteiger partial charge in [-0.1, -0.05) is 11.6 Å². The Bertz CT molecular complexity index is 1070. The number of benzene rings is 2. The van der Waals surface area contributed by atoms with E-state index < -0.39 is 5.82 Å². The molecular weight excluding hydrogens is 393 g/mol. The molecule has 0 radical (unpaired) electrons. The lowest BCUT2D eigenvalue weighted by Crippen LogP contribution is -2.36. The summed E-state index contributed by atoms with van der Waals surface area (Å²) in [5, 5.41) is 4.30. The predicted molar refractivity (Wildman–Crippen MR) is 113 cm³/mol. The number of carbonyl (C=O) groups excluding carboxylic acids is 1. The quantitative estimate of drug-likeness (QED) is 0.621. The van der Waals surface area contributed by atoms with Crippen LogP contribution >= 0.6 is 11.6 Å². The summed E-state index contributed by atoms with van der Waals surface area (Å²) in [6.45, 7) is 1.42. The maximum atomic E-state index is 14.1. The number of rotatable bonds is 4. The highest BCUT2D eigenvalue weighted by Crippen LogP contribution is 2.35. The molecule has 1 aromatic heterocycles. The van der Waals surface area contributed by atoms with E-state index in [-0.39, 0.29) is 5.91 Å². The Hall–Kier alpha value is -2.86. The number of likely N-dealkylation sites (tertiary alicyclic amines) is 1. The molecule has 1 N–H and O–H groups in total. The number of halogens is 2. The van der Waals surface area contributed by atoms with Gasteiger partial charge in [0, 0.05) is 29.7 Å². The standard InChI is InChI=1S/C22H21ClFN3O2/c1-29-20-8-5-14(23)11-19(20)26-21-16-12-15(24)6-7-18(16)25-13-17(21)22(28)27-9-3-2-4-10-27/h5-8,11-13H,2-4,9-10H2,1H3,(H,25,26). The minimum atomic E-state index is -0.400. The van der Waals surface area contributed by atoms with E-state index in [0.717, 1.165) is 19.3 Å². The topological polar surface area (TPSA) is 54.5 Å². The number of ether oxygens (including phenoxy) is 1. The number of anilines is 2. The Labute approximate surface area is 173 Å². The summed E-state index contributed by atoms with van der Waals surface area (Å²) < 4.78 is 19.5. The first kappa shape index (κ1) is 19.5. The third-order valence-corrected chi connectivity index (χ3v) is 5.36. The fraction of sp³-hybridized carbons (Fsp3) is 0.273. The number of hydrogen-bond donors (Lipinski definition) is 1. The van der Waals surface area contributed by atoms with E-state index in [1.165, 1.54) is 12.1 Å². The molecule has 1 aliphatic rings. The first-order valence-corrected chi connectivity index (χ1v) is 9.93. The van der Waals surface area contributed by atoms with Gasteiger partial charge in [0.15, 0.2) is 0 Å². The number of carbonyl (C=O) groups is 1. The molecule has 0 bridgehead atoms. The van der Waals surface area contributed by atoms with Crippen molar-refractivity contribution in [3.05, 3.63) is 59.0 Å². The largest absolute Gasteiger partial charge is 0.495 e. The van der Waals surface area contributed by atoms with E-state index in [0.29, 0.717) is 51.7 Å². The summed E-state index contributed by atoms with van der Waals surface area (Å²) in [5.74, 6) is 0.0435. The number of piperidine rings is 1. The van der Waals surface area contributed by atoms with Crippen LogP contribution in [-0.4, -0.2) is 36.0 Å². The van der Waals surface area contributed by atoms with Gasteiger partial charge in [0.2, 0.25) is 0 Å². The maximum Gasteiger partial charge on any atom is 0.257 e. The van der Waals surface area contributed by atoms with Gasteiger partial charge < -0.3 is 15.0 Å². The van der Waals surface area contributed by atoms with Crippen molar-refractivity contribution in [3.8, 4) is 5.75 Å². The monoisotopic (exact) mass is 413 g/mol. The molecule has 1 saturated heterocycles. The molecule has 2 heterocycles. The van der Waals surface area contributed by atoms with E-state index in [9.17, 15) is 9.18 Å². The van der Waals surface area contributed by atoms with Crippen LogP contribution in [0.1, 0.15) is 29.6 Å². The molecule has 29 heavy (non-hydrogen) atoms. The second kappa shape index (κ2) is 8.25. The number of pyridine rings is 1. The fourth-order valence-corrected chi connectivity index (χ4v) is 3.81. The van der Waals surface area contributed by atoms with Crippen molar-refractivity contribution in [2.24, 2.45) is 0 Å². The lowest BCUT2D eigenvalue weighted by atomic mass is 10.1. The number of hydrogen-bond acceptors (Lipinski definition) is 4. The molecule has 0 atom stereocenters. The zero-order valence-electron chi connectivity index (χ0n) is 16.0. The van der Waals surface area contributed by atoms with E-state index >= 15 is 0 Å². The number of nitrogens with zero attached hydrogens (tertiary/aromatic N) is 2.